The summed E-state index contributed by atoms with van der Waals surface area (Å²) in [5.74, 6) is 0. The van der Waals surface area contributed by atoms with E-state index in [1.165, 1.54) is 58.2 Å². The Morgan fingerprint density at radius 3 is 2.44 bits per heavy atom. The maximum absolute atomic E-state index is 6.27. The van der Waals surface area contributed by atoms with Gasteiger partial charge in [0.15, 0.2) is 0 Å². The predicted octanol–water partition coefficient (Wildman–Crippen LogP) is 1.28. The molecule has 1 saturated carbocycles. The maximum atomic E-state index is 6.27. The van der Waals surface area contributed by atoms with E-state index >= 15 is 0 Å². The molecule has 0 radical (unpaired) electrons. The summed E-state index contributed by atoms with van der Waals surface area (Å²) < 4.78 is 0. The monoisotopic (exact) mass is 225 g/mol. The van der Waals surface area contributed by atoms with Crippen molar-refractivity contribution in [2.45, 2.75) is 50.1 Å². The van der Waals surface area contributed by atoms with E-state index in [2.05, 4.69) is 23.9 Å². The first-order valence-corrected chi connectivity index (χ1v) is 6.77. The van der Waals surface area contributed by atoms with Gasteiger partial charge < -0.3 is 15.5 Å². The summed E-state index contributed by atoms with van der Waals surface area (Å²) in [4.78, 5) is 4.97. The molecule has 3 heteroatoms. The third-order valence-corrected chi connectivity index (χ3v) is 4.62. The molecule has 2 aliphatic rings. The van der Waals surface area contributed by atoms with Gasteiger partial charge in [0.05, 0.1) is 0 Å². The van der Waals surface area contributed by atoms with E-state index in [9.17, 15) is 0 Å². The summed E-state index contributed by atoms with van der Waals surface area (Å²) in [5.41, 5.74) is 6.46. The van der Waals surface area contributed by atoms with Crippen molar-refractivity contribution in [1.29, 1.82) is 0 Å². The predicted molar refractivity (Wildman–Crippen MR) is 68.5 cm³/mol. The standard InChI is InChI=1S/C13H27N3/c1-15-9-4-12(5-10-15)16(2)11-8-13(14)6-3-7-13/h12H,3-11,14H2,1-2H3. The van der Waals surface area contributed by atoms with E-state index in [1.807, 2.05) is 0 Å². The average Bonchev–Trinajstić information content (AvgIpc) is 2.24. The summed E-state index contributed by atoms with van der Waals surface area (Å²) in [6.07, 6.45) is 7.67. The van der Waals surface area contributed by atoms with Gasteiger partial charge in [0.2, 0.25) is 0 Å². The molecule has 0 aromatic rings. The highest BCUT2D eigenvalue weighted by atomic mass is 15.2. The number of nitrogens with zero attached hydrogens (tertiary/aromatic N) is 2. The summed E-state index contributed by atoms with van der Waals surface area (Å²) in [7, 11) is 4.50. The first-order valence-electron chi connectivity index (χ1n) is 6.77. The van der Waals surface area contributed by atoms with E-state index in [0.717, 1.165) is 6.04 Å². The Labute approximate surface area is 100.0 Å². The number of hydrogen-bond donors (Lipinski definition) is 1. The molecule has 3 nitrogen and oxygen atoms in total. The van der Waals surface area contributed by atoms with Crippen molar-refractivity contribution in [2.75, 3.05) is 33.7 Å². The number of piperidine rings is 1. The molecule has 16 heavy (non-hydrogen) atoms. The Kier molecular flexibility index (Phi) is 3.88. The van der Waals surface area contributed by atoms with Crippen molar-refractivity contribution in [3.05, 3.63) is 0 Å². The SMILES string of the molecule is CN1CCC(N(C)CCC2(N)CCC2)CC1. The zero-order chi connectivity index (χ0) is 11.6. The quantitative estimate of drug-likeness (QED) is 0.782. The van der Waals surface area contributed by atoms with E-state index in [1.54, 1.807) is 0 Å². The molecule has 0 unspecified atom stereocenters. The lowest BCUT2D eigenvalue weighted by atomic mass is 9.75. The molecule has 0 amide bonds. The van der Waals surface area contributed by atoms with Gasteiger partial charge in [-0.25, -0.2) is 0 Å². The Bertz CT molecular complexity index is 217. The molecule has 94 valence electrons. The van der Waals surface area contributed by atoms with Gasteiger partial charge in [0.25, 0.3) is 0 Å². The first-order chi connectivity index (χ1) is 7.59. The minimum atomic E-state index is 0.194. The van der Waals surface area contributed by atoms with Crippen molar-refractivity contribution < 1.29 is 0 Å². The van der Waals surface area contributed by atoms with Gasteiger partial charge in [0.1, 0.15) is 0 Å². The van der Waals surface area contributed by atoms with Gasteiger partial charge in [-0.05, 0) is 72.3 Å². The number of hydrogen-bond acceptors (Lipinski definition) is 3. The third-order valence-electron chi connectivity index (χ3n) is 4.62. The van der Waals surface area contributed by atoms with Crippen LogP contribution in [0.4, 0.5) is 0 Å². The number of nitrogens with two attached hydrogens (primary N) is 1. The lowest BCUT2D eigenvalue weighted by molar-refractivity contribution is 0.122. The fourth-order valence-electron chi connectivity index (χ4n) is 2.90. The van der Waals surface area contributed by atoms with Crippen LogP contribution in [0.3, 0.4) is 0 Å². The summed E-state index contributed by atoms with van der Waals surface area (Å²) in [6, 6.07) is 0.792. The van der Waals surface area contributed by atoms with Crippen molar-refractivity contribution in [3.63, 3.8) is 0 Å². The molecule has 0 atom stereocenters. The fourth-order valence-corrected chi connectivity index (χ4v) is 2.90. The Balaban J connectivity index is 1.69. The minimum absolute atomic E-state index is 0.194. The molecule has 0 aromatic carbocycles. The van der Waals surface area contributed by atoms with Crippen LogP contribution in [-0.4, -0.2) is 55.1 Å². The van der Waals surface area contributed by atoms with Gasteiger partial charge >= 0.3 is 0 Å². The zero-order valence-corrected chi connectivity index (χ0v) is 10.9. The summed E-state index contributed by atoms with van der Waals surface area (Å²) in [6.45, 7) is 3.69. The molecule has 1 aliphatic heterocycles. The van der Waals surface area contributed by atoms with Crippen LogP contribution in [0.5, 0.6) is 0 Å². The normalized spacial score (nSPS) is 27.0. The Morgan fingerprint density at radius 2 is 1.94 bits per heavy atom. The second-order valence-corrected chi connectivity index (χ2v) is 5.98. The molecule has 0 spiro atoms. The smallest absolute Gasteiger partial charge is 0.0166 e. The van der Waals surface area contributed by atoms with E-state index in [4.69, 9.17) is 5.73 Å². The lowest BCUT2D eigenvalue weighted by Crippen LogP contribution is -2.50. The molecule has 1 heterocycles. The van der Waals surface area contributed by atoms with E-state index in [-0.39, 0.29) is 5.54 Å². The van der Waals surface area contributed by atoms with E-state index < -0.39 is 0 Å². The molecular weight excluding hydrogens is 198 g/mol. The van der Waals surface area contributed by atoms with Gasteiger partial charge in [-0.15, -0.1) is 0 Å². The topological polar surface area (TPSA) is 32.5 Å². The molecule has 1 aliphatic carbocycles. The van der Waals surface area contributed by atoms with Crippen LogP contribution < -0.4 is 5.73 Å². The van der Waals surface area contributed by atoms with Crippen molar-refractivity contribution in [1.82, 2.24) is 9.80 Å². The van der Waals surface area contributed by atoms with Crippen molar-refractivity contribution in [3.8, 4) is 0 Å². The van der Waals surface area contributed by atoms with Crippen molar-refractivity contribution >= 4 is 0 Å². The minimum Gasteiger partial charge on any atom is -0.325 e. The van der Waals surface area contributed by atoms with Gasteiger partial charge in [-0.1, -0.05) is 0 Å². The third kappa shape index (κ3) is 2.96. The first kappa shape index (κ1) is 12.3. The Morgan fingerprint density at radius 1 is 1.31 bits per heavy atom. The molecule has 0 bridgehead atoms. The zero-order valence-electron chi connectivity index (χ0n) is 10.9. The molecule has 2 fully saturated rings. The van der Waals surface area contributed by atoms with E-state index in [0.29, 0.717) is 0 Å². The summed E-state index contributed by atoms with van der Waals surface area (Å²) >= 11 is 0. The molecule has 1 saturated heterocycles. The van der Waals surface area contributed by atoms with Crippen LogP contribution in [0.15, 0.2) is 0 Å². The fraction of sp³-hybridized carbons (Fsp3) is 1.00. The molecule has 0 aromatic heterocycles. The van der Waals surface area contributed by atoms with Crippen LogP contribution in [0.25, 0.3) is 0 Å². The van der Waals surface area contributed by atoms with Gasteiger partial charge in [-0.3, -0.25) is 0 Å². The molecule has 2 N–H and O–H groups in total. The second kappa shape index (κ2) is 5.03. The van der Waals surface area contributed by atoms with Crippen LogP contribution in [-0.2, 0) is 0 Å². The maximum Gasteiger partial charge on any atom is 0.0166 e. The highest BCUT2D eigenvalue weighted by molar-refractivity contribution is 4.93. The molecule has 2 rings (SSSR count). The number of rotatable bonds is 4. The lowest BCUT2D eigenvalue weighted by Gasteiger charge is -2.41. The highest BCUT2D eigenvalue weighted by Crippen LogP contribution is 2.32. The average molecular weight is 225 g/mol. The van der Waals surface area contributed by atoms with Crippen LogP contribution in [0.2, 0.25) is 0 Å². The molecular formula is C13H27N3. The van der Waals surface area contributed by atoms with Crippen molar-refractivity contribution in [2.24, 2.45) is 5.73 Å². The van der Waals surface area contributed by atoms with Crippen LogP contribution >= 0.6 is 0 Å². The van der Waals surface area contributed by atoms with Gasteiger partial charge in [-0.2, -0.15) is 0 Å². The Hall–Kier alpha value is -0.120. The summed E-state index contributed by atoms with van der Waals surface area (Å²) in [5, 5.41) is 0. The van der Waals surface area contributed by atoms with Crippen LogP contribution in [0, 0.1) is 0 Å². The number of likely N-dealkylation sites (tertiary alicyclic amines) is 1. The largest absolute Gasteiger partial charge is 0.325 e. The van der Waals surface area contributed by atoms with Crippen LogP contribution in [0.1, 0.15) is 38.5 Å². The second-order valence-electron chi connectivity index (χ2n) is 5.98. The highest BCUT2D eigenvalue weighted by Gasteiger charge is 2.32. The van der Waals surface area contributed by atoms with Gasteiger partial charge in [0, 0.05) is 11.6 Å².